The van der Waals surface area contributed by atoms with E-state index in [0.29, 0.717) is 53.1 Å². The van der Waals surface area contributed by atoms with Crippen molar-refractivity contribution in [1.29, 1.82) is 5.41 Å². The van der Waals surface area contributed by atoms with Gasteiger partial charge in [0.15, 0.2) is 5.82 Å². The summed E-state index contributed by atoms with van der Waals surface area (Å²) in [5, 5.41) is 22.3. The molecule has 7 N–H and O–H groups in total. The Balaban J connectivity index is 2.06. The molecule has 0 amide bonds. The molecule has 0 aliphatic carbocycles. The highest BCUT2D eigenvalue weighted by atomic mass is 15.3. The molecule has 140 valence electrons. The first-order valence-electron chi connectivity index (χ1n) is 8.42. The zero-order valence-electron chi connectivity index (χ0n) is 15.0. The lowest BCUT2D eigenvalue weighted by Gasteiger charge is -2.11. The van der Waals surface area contributed by atoms with Gasteiger partial charge in [0.05, 0.1) is 11.4 Å². The molecular weight excluding hydrogens is 344 g/mol. The quantitative estimate of drug-likeness (QED) is 0.372. The third kappa shape index (κ3) is 3.55. The number of H-pyrrole nitrogens is 1. The number of nitrogens with zero attached hydrogens (tertiary/aromatic N) is 5. The van der Waals surface area contributed by atoms with E-state index in [1.54, 1.807) is 19.3 Å². The molecule has 10 heteroatoms. The van der Waals surface area contributed by atoms with Crippen molar-refractivity contribution in [2.75, 3.05) is 18.9 Å². The maximum Gasteiger partial charge on any atom is 0.200 e. The molecule has 0 saturated heterocycles. The van der Waals surface area contributed by atoms with Crippen LogP contribution in [0.1, 0.15) is 17.7 Å². The maximum absolute atomic E-state index is 7.76. The third-order valence-electron chi connectivity index (χ3n) is 4.03. The Morgan fingerprint density at radius 3 is 2.93 bits per heavy atom. The van der Waals surface area contributed by atoms with E-state index < -0.39 is 0 Å². The number of rotatable bonds is 8. The van der Waals surface area contributed by atoms with Crippen molar-refractivity contribution in [3.63, 3.8) is 0 Å². The number of nitrogens with two attached hydrogens (primary N) is 2. The first-order valence-corrected chi connectivity index (χ1v) is 8.42. The summed E-state index contributed by atoms with van der Waals surface area (Å²) in [6.07, 6.45) is 3.72. The van der Waals surface area contributed by atoms with Gasteiger partial charge in [-0.25, -0.2) is 9.97 Å². The number of pyridine rings is 1. The van der Waals surface area contributed by atoms with Gasteiger partial charge in [-0.3, -0.25) is 9.78 Å². The van der Waals surface area contributed by atoms with Crippen molar-refractivity contribution in [2.24, 2.45) is 11.5 Å². The predicted octanol–water partition coefficient (Wildman–Crippen LogP) is 1.05. The first kappa shape index (κ1) is 18.3. The highest BCUT2D eigenvalue weighted by Gasteiger charge is 2.18. The average Bonchev–Trinajstić information content (AvgIpc) is 3.33. The molecule has 27 heavy (non-hydrogen) atoms. The summed E-state index contributed by atoms with van der Waals surface area (Å²) < 4.78 is 1.82. The smallest absolute Gasteiger partial charge is 0.200 e. The Morgan fingerprint density at radius 1 is 1.44 bits per heavy atom. The highest BCUT2D eigenvalue weighted by Crippen LogP contribution is 2.27. The first-order chi connectivity index (χ1) is 13.1. The van der Waals surface area contributed by atoms with Crippen molar-refractivity contribution in [1.82, 2.24) is 29.9 Å². The Bertz CT molecular complexity index is 968. The molecule has 10 nitrogen and oxygen atoms in total. The van der Waals surface area contributed by atoms with Crippen LogP contribution in [0.3, 0.4) is 0 Å². The van der Waals surface area contributed by atoms with Crippen LogP contribution in [0.2, 0.25) is 0 Å². The minimum Gasteiger partial charge on any atom is -0.397 e. The topological polar surface area (TPSA) is 160 Å². The molecule has 0 aliphatic rings. The molecule has 0 bridgehead atoms. The van der Waals surface area contributed by atoms with Gasteiger partial charge in [0.1, 0.15) is 11.4 Å². The van der Waals surface area contributed by atoms with Gasteiger partial charge < -0.3 is 22.2 Å². The molecule has 0 aliphatic heterocycles. The summed E-state index contributed by atoms with van der Waals surface area (Å²) >= 11 is 0. The summed E-state index contributed by atoms with van der Waals surface area (Å²) in [5.74, 6) is 0.912. The second-order valence-corrected chi connectivity index (χ2v) is 5.83. The van der Waals surface area contributed by atoms with Crippen LogP contribution in [0.5, 0.6) is 0 Å². The molecule has 3 heterocycles. The fourth-order valence-corrected chi connectivity index (χ4v) is 2.68. The van der Waals surface area contributed by atoms with Crippen molar-refractivity contribution >= 4 is 17.6 Å². The summed E-state index contributed by atoms with van der Waals surface area (Å²) in [5.41, 5.74) is 14.7. The number of aryl methyl sites for hydroxylation is 1. The summed E-state index contributed by atoms with van der Waals surface area (Å²) in [6.45, 7) is 5.00. The van der Waals surface area contributed by atoms with Crippen molar-refractivity contribution in [3.8, 4) is 23.0 Å². The Morgan fingerprint density at radius 2 is 2.26 bits per heavy atom. The third-order valence-corrected chi connectivity index (χ3v) is 4.03. The average molecular weight is 366 g/mol. The lowest BCUT2D eigenvalue weighted by atomic mass is 10.1. The van der Waals surface area contributed by atoms with E-state index in [0.717, 1.165) is 12.1 Å². The SMILES string of the molecule is C=C(N)c1cc(NC)c(C=N)c(-c2n[nH]c(-c3ccnn3CCCN)n2)n1. The van der Waals surface area contributed by atoms with Crippen molar-refractivity contribution in [3.05, 3.63) is 36.2 Å². The number of aromatic nitrogens is 6. The van der Waals surface area contributed by atoms with Crippen LogP contribution in [-0.4, -0.2) is 49.8 Å². The van der Waals surface area contributed by atoms with E-state index in [1.807, 2.05) is 10.7 Å². The second-order valence-electron chi connectivity index (χ2n) is 5.83. The van der Waals surface area contributed by atoms with Gasteiger partial charge >= 0.3 is 0 Å². The van der Waals surface area contributed by atoms with E-state index in [2.05, 4.69) is 37.2 Å². The molecular formula is C17H22N10. The molecule has 0 spiro atoms. The van der Waals surface area contributed by atoms with Crippen LogP contribution >= 0.6 is 0 Å². The minimum absolute atomic E-state index is 0.319. The molecule has 0 atom stereocenters. The van der Waals surface area contributed by atoms with Gasteiger partial charge in [-0.15, -0.1) is 0 Å². The van der Waals surface area contributed by atoms with Gasteiger partial charge in [-0.2, -0.15) is 10.2 Å². The number of aromatic amines is 1. The molecule has 0 fully saturated rings. The molecule has 3 rings (SSSR count). The Kier molecular flexibility index (Phi) is 5.27. The van der Waals surface area contributed by atoms with Gasteiger partial charge in [0, 0.05) is 37.3 Å². The zero-order chi connectivity index (χ0) is 19.4. The molecule has 3 aromatic heterocycles. The van der Waals surface area contributed by atoms with Gasteiger partial charge in [0.25, 0.3) is 0 Å². The molecule has 0 unspecified atom stereocenters. The fraction of sp³-hybridized carbons (Fsp3) is 0.235. The zero-order valence-corrected chi connectivity index (χ0v) is 15.0. The van der Waals surface area contributed by atoms with Crippen LogP contribution < -0.4 is 16.8 Å². The monoisotopic (exact) mass is 366 g/mol. The lowest BCUT2D eigenvalue weighted by Crippen LogP contribution is -2.08. The fourth-order valence-electron chi connectivity index (χ4n) is 2.68. The van der Waals surface area contributed by atoms with Gasteiger partial charge in [-0.05, 0) is 25.1 Å². The highest BCUT2D eigenvalue weighted by molar-refractivity contribution is 5.94. The maximum atomic E-state index is 7.76. The minimum atomic E-state index is 0.319. The standard InChI is InChI=1S/C17H22N10/c1-10(20)12-8-13(21-2)11(9-19)15(23-12)17-24-16(25-26-17)14-4-6-22-27(14)7-3-5-18/h4,6,8-9,19H,1,3,5,7,18,20H2,2H3,(H,21,23)(H,24,25,26). The van der Waals surface area contributed by atoms with E-state index in [-0.39, 0.29) is 0 Å². The van der Waals surface area contributed by atoms with E-state index in [9.17, 15) is 0 Å². The van der Waals surface area contributed by atoms with Crippen LogP contribution in [0.15, 0.2) is 24.9 Å². The van der Waals surface area contributed by atoms with E-state index in [4.69, 9.17) is 16.9 Å². The van der Waals surface area contributed by atoms with E-state index >= 15 is 0 Å². The Labute approximate surface area is 156 Å². The molecule has 0 aromatic carbocycles. The van der Waals surface area contributed by atoms with Crippen LogP contribution in [0, 0.1) is 5.41 Å². The van der Waals surface area contributed by atoms with Gasteiger partial charge in [0.2, 0.25) is 5.82 Å². The summed E-state index contributed by atoms with van der Waals surface area (Å²) in [4.78, 5) is 9.04. The Hall–Kier alpha value is -3.53. The van der Waals surface area contributed by atoms with Crippen LogP contribution in [0.25, 0.3) is 28.7 Å². The number of anilines is 1. The van der Waals surface area contributed by atoms with Crippen LogP contribution in [0.4, 0.5) is 5.69 Å². The summed E-state index contributed by atoms with van der Waals surface area (Å²) in [7, 11) is 1.76. The second kappa shape index (κ2) is 7.79. The van der Waals surface area contributed by atoms with Crippen LogP contribution in [-0.2, 0) is 6.54 Å². The van der Waals surface area contributed by atoms with E-state index in [1.165, 1.54) is 6.21 Å². The number of nitrogens with one attached hydrogen (secondary N) is 3. The molecule has 0 radical (unpaired) electrons. The van der Waals surface area contributed by atoms with Crippen molar-refractivity contribution in [2.45, 2.75) is 13.0 Å². The molecule has 0 saturated carbocycles. The number of hydrogen-bond acceptors (Lipinski definition) is 8. The molecule has 3 aromatic rings. The van der Waals surface area contributed by atoms with Crippen molar-refractivity contribution < 1.29 is 0 Å². The largest absolute Gasteiger partial charge is 0.397 e. The predicted molar refractivity (Wildman–Crippen MR) is 105 cm³/mol. The summed E-state index contributed by atoms with van der Waals surface area (Å²) in [6, 6.07) is 3.59. The normalized spacial score (nSPS) is 10.7. The van der Waals surface area contributed by atoms with Gasteiger partial charge in [-0.1, -0.05) is 6.58 Å². The number of hydrogen-bond donors (Lipinski definition) is 5. The lowest BCUT2D eigenvalue weighted by molar-refractivity contribution is 0.589.